The number of hydrogen-bond acceptors (Lipinski definition) is 10. The minimum Gasteiger partial charge on any atom is -0.370 e. The summed E-state index contributed by atoms with van der Waals surface area (Å²) >= 11 is 0. The fourth-order valence-electron chi connectivity index (χ4n) is 7.84. The van der Waals surface area contributed by atoms with Crippen LogP contribution in [0.1, 0.15) is 81.5 Å². The zero-order valence-corrected chi connectivity index (χ0v) is 38.7. The molecule has 22 heteroatoms. The molecule has 0 unspecified atom stereocenters. The molecule has 6 atom stereocenters. The van der Waals surface area contributed by atoms with Crippen molar-refractivity contribution in [2.45, 2.75) is 120 Å². The Morgan fingerprint density at radius 2 is 1.51 bits per heavy atom. The van der Waals surface area contributed by atoms with E-state index in [4.69, 9.17) is 16.9 Å². The molecule has 8 amide bonds. The van der Waals surface area contributed by atoms with E-state index in [1.54, 1.807) is 36.5 Å². The van der Waals surface area contributed by atoms with E-state index in [2.05, 4.69) is 57.5 Å². The first-order valence-corrected chi connectivity index (χ1v) is 23.2. The third kappa shape index (κ3) is 16.8. The Hall–Kier alpha value is -7.78. The van der Waals surface area contributed by atoms with Crippen molar-refractivity contribution in [2.75, 3.05) is 13.1 Å². The highest BCUT2D eigenvalue weighted by molar-refractivity contribution is 5.97. The molecule has 370 valence electrons. The Labute approximate surface area is 399 Å². The van der Waals surface area contributed by atoms with Crippen LogP contribution in [-0.4, -0.2) is 118 Å². The first-order valence-electron chi connectivity index (χ1n) is 23.2. The van der Waals surface area contributed by atoms with Crippen LogP contribution in [0.5, 0.6) is 0 Å². The Bertz CT molecular complexity index is 2390. The Balaban J connectivity index is 1.49. The molecule has 2 aromatic heterocycles. The highest BCUT2D eigenvalue weighted by Gasteiger charge is 2.34. The van der Waals surface area contributed by atoms with E-state index in [0.29, 0.717) is 23.2 Å². The Morgan fingerprint density at radius 1 is 0.812 bits per heavy atom. The van der Waals surface area contributed by atoms with Crippen molar-refractivity contribution < 1.29 is 38.4 Å². The number of amides is 8. The zero-order chi connectivity index (χ0) is 49.7. The zero-order valence-electron chi connectivity index (χ0n) is 38.7. The van der Waals surface area contributed by atoms with Crippen molar-refractivity contribution >= 4 is 64.1 Å². The number of carbonyl (C=O) groups is 8. The largest absolute Gasteiger partial charge is 0.370 e. The van der Waals surface area contributed by atoms with Crippen molar-refractivity contribution in [3.8, 4) is 0 Å². The number of nitrogens with two attached hydrogens (primary N) is 2. The molecule has 1 aliphatic rings. The van der Waals surface area contributed by atoms with Crippen molar-refractivity contribution in [1.29, 1.82) is 5.41 Å². The number of rotatable bonds is 18. The number of imidazole rings is 1. The van der Waals surface area contributed by atoms with Gasteiger partial charge in [0.25, 0.3) is 0 Å². The van der Waals surface area contributed by atoms with Crippen LogP contribution >= 0.6 is 0 Å². The van der Waals surface area contributed by atoms with Crippen molar-refractivity contribution in [2.24, 2.45) is 11.5 Å². The summed E-state index contributed by atoms with van der Waals surface area (Å²) in [5, 5.41) is 30.1. The van der Waals surface area contributed by atoms with Crippen LogP contribution in [0.3, 0.4) is 0 Å². The van der Waals surface area contributed by atoms with Gasteiger partial charge < -0.3 is 64.0 Å². The Kier molecular flexibility index (Phi) is 20.1. The molecule has 1 saturated heterocycles. The third-order valence-corrected chi connectivity index (χ3v) is 11.6. The second kappa shape index (κ2) is 26.5. The lowest BCUT2D eigenvalue weighted by Crippen LogP contribution is -2.60. The van der Waals surface area contributed by atoms with E-state index in [-0.39, 0.29) is 76.8 Å². The average molecular weight is 953 g/mol. The maximum atomic E-state index is 14.5. The van der Waals surface area contributed by atoms with E-state index >= 15 is 0 Å². The maximum absolute atomic E-state index is 14.5. The summed E-state index contributed by atoms with van der Waals surface area (Å²) in [6.45, 7) is 1.94. The van der Waals surface area contributed by atoms with Gasteiger partial charge in [0.15, 0.2) is 5.96 Å². The summed E-state index contributed by atoms with van der Waals surface area (Å²) in [6, 6.07) is 8.26. The molecule has 0 aliphatic carbocycles. The molecular weight excluding hydrogens is 889 g/mol. The molecule has 3 heterocycles. The molecule has 0 radical (unpaired) electrons. The van der Waals surface area contributed by atoms with Crippen molar-refractivity contribution in [1.82, 2.24) is 57.5 Å². The predicted octanol–water partition coefficient (Wildman–Crippen LogP) is -0.543. The number of primary amides is 1. The molecule has 0 spiro atoms. The number of aromatic amines is 2. The van der Waals surface area contributed by atoms with Gasteiger partial charge in [-0.05, 0) is 49.3 Å². The average Bonchev–Trinajstić information content (AvgIpc) is 4.00. The highest BCUT2D eigenvalue weighted by atomic mass is 16.2. The van der Waals surface area contributed by atoms with Gasteiger partial charge in [0, 0.05) is 68.5 Å². The van der Waals surface area contributed by atoms with Gasteiger partial charge in [0.2, 0.25) is 47.3 Å². The number of unbranched alkanes of at least 4 members (excludes halogenated alkanes) is 2. The summed E-state index contributed by atoms with van der Waals surface area (Å²) < 4.78 is 0. The summed E-state index contributed by atoms with van der Waals surface area (Å²) in [7, 11) is 0. The lowest BCUT2D eigenvalue weighted by molar-refractivity contribution is -0.135. The number of benzene rings is 2. The van der Waals surface area contributed by atoms with Crippen LogP contribution in [0.4, 0.5) is 0 Å². The molecule has 69 heavy (non-hydrogen) atoms. The fraction of sp³-hybridized carbons (Fsp3) is 0.447. The first-order chi connectivity index (χ1) is 33.2. The van der Waals surface area contributed by atoms with E-state index in [9.17, 15) is 38.4 Å². The molecule has 0 saturated carbocycles. The van der Waals surface area contributed by atoms with Crippen LogP contribution in [0.25, 0.3) is 10.9 Å². The molecule has 2 aromatic carbocycles. The molecule has 22 nitrogen and oxygen atoms in total. The van der Waals surface area contributed by atoms with Gasteiger partial charge in [0.05, 0.1) is 12.0 Å². The quantitative estimate of drug-likeness (QED) is 0.0341. The minimum atomic E-state index is -1.40. The van der Waals surface area contributed by atoms with E-state index < -0.39 is 83.5 Å². The number of carbonyl (C=O) groups excluding carboxylic acids is 8. The summed E-state index contributed by atoms with van der Waals surface area (Å²) in [5.74, 6) is -6.09. The number of hydrogen-bond donors (Lipinski definition) is 13. The number of H-pyrrole nitrogens is 2. The lowest BCUT2D eigenvalue weighted by Gasteiger charge is -2.27. The molecular formula is C47H64N14O8. The topological polar surface area (TPSA) is 353 Å². The van der Waals surface area contributed by atoms with Gasteiger partial charge in [0.1, 0.15) is 36.3 Å². The number of aromatic nitrogens is 3. The van der Waals surface area contributed by atoms with Gasteiger partial charge in [-0.3, -0.25) is 43.8 Å². The first kappa shape index (κ1) is 52.2. The SMILES string of the molecule is CCCCCC(=O)N[C@H]1CCC(=O)NCC[C@@H](C(=O)N[C@@H](Cc2c[nH]c3ccccc23)C(N)=O)NC(=O)[C@H](CCCNC(=N)N)NC(=O)[C@@H](Cc2ccccc2)NC(=O)[C@H](Cc2c[nH]cn2)NC1=O. The maximum Gasteiger partial charge on any atom is 0.243 e. The van der Waals surface area contributed by atoms with Gasteiger partial charge in [-0.1, -0.05) is 68.3 Å². The second-order valence-corrected chi connectivity index (χ2v) is 17.0. The summed E-state index contributed by atoms with van der Waals surface area (Å²) in [6.07, 6.45) is 6.29. The van der Waals surface area contributed by atoms with Crippen LogP contribution in [0, 0.1) is 5.41 Å². The van der Waals surface area contributed by atoms with Crippen molar-refractivity contribution in [3.63, 3.8) is 0 Å². The fourth-order valence-corrected chi connectivity index (χ4v) is 7.84. The molecule has 15 N–H and O–H groups in total. The van der Waals surface area contributed by atoms with Crippen LogP contribution in [0.15, 0.2) is 73.3 Å². The number of guanidine groups is 1. The second-order valence-electron chi connectivity index (χ2n) is 17.0. The van der Waals surface area contributed by atoms with Crippen LogP contribution in [-0.2, 0) is 57.6 Å². The van der Waals surface area contributed by atoms with Crippen molar-refractivity contribution in [3.05, 3.63) is 90.1 Å². The summed E-state index contributed by atoms with van der Waals surface area (Å²) in [4.78, 5) is 121. The molecule has 1 fully saturated rings. The standard InChI is InChI=1S/C47H64N14O8/c1-2-3-5-16-40(63)56-34-17-18-39(62)52-21-19-35(44(67)59-36(41(48)64)23-29-25-54-32-14-9-8-13-31(29)32)58-42(65)33(15-10-20-53-47(49)50)57-45(68)37(22-28-11-6-4-7-12-28)60-46(69)38(61-43(34)66)24-30-26-51-27-55-30/h4,6-9,11-14,25-27,33-38,54H,2-3,5,10,15-24H2,1H3,(H2,48,64)(H,51,55)(H,52,62)(H,56,63)(H,57,68)(H,58,65)(H,59,67)(H,60,69)(H,61,66)(H4,49,50,53)/t33-,34-,35-,36-,37+,38-/m0/s1. The summed E-state index contributed by atoms with van der Waals surface area (Å²) in [5.41, 5.74) is 13.8. The molecule has 0 bridgehead atoms. The van der Waals surface area contributed by atoms with Gasteiger partial charge >= 0.3 is 0 Å². The third-order valence-electron chi connectivity index (χ3n) is 11.6. The molecule has 5 rings (SSSR count). The molecule has 1 aliphatic heterocycles. The smallest absolute Gasteiger partial charge is 0.243 e. The van der Waals surface area contributed by atoms with Crippen LogP contribution < -0.4 is 54.0 Å². The number of nitrogens with one attached hydrogen (secondary N) is 11. The highest BCUT2D eigenvalue weighted by Crippen LogP contribution is 2.19. The van der Waals surface area contributed by atoms with E-state index in [1.807, 2.05) is 31.2 Å². The number of fused-ring (bicyclic) bond motifs is 1. The van der Waals surface area contributed by atoms with Gasteiger partial charge in [-0.15, -0.1) is 0 Å². The molecule has 4 aromatic rings. The minimum absolute atomic E-state index is 0.00525. The van der Waals surface area contributed by atoms with Crippen LogP contribution in [0.2, 0.25) is 0 Å². The van der Waals surface area contributed by atoms with E-state index in [1.165, 1.54) is 12.5 Å². The normalized spacial score (nSPS) is 20.3. The number of para-hydroxylation sites is 1. The number of nitrogens with zero attached hydrogens (tertiary/aromatic N) is 1. The monoisotopic (exact) mass is 953 g/mol. The Morgan fingerprint density at radius 3 is 2.22 bits per heavy atom. The predicted molar refractivity (Wildman–Crippen MR) is 255 cm³/mol. The van der Waals surface area contributed by atoms with E-state index in [0.717, 1.165) is 23.7 Å². The van der Waals surface area contributed by atoms with Gasteiger partial charge in [-0.25, -0.2) is 4.98 Å². The lowest BCUT2D eigenvalue weighted by atomic mass is 10.0. The van der Waals surface area contributed by atoms with Gasteiger partial charge in [-0.2, -0.15) is 0 Å².